The molecule has 1 aliphatic rings. The van der Waals surface area contributed by atoms with Crippen LogP contribution in [-0.4, -0.2) is 68.1 Å². The van der Waals surface area contributed by atoms with E-state index < -0.39 is 10.0 Å². The number of hydrogen-bond donors (Lipinski definition) is 1. The van der Waals surface area contributed by atoms with Crippen molar-refractivity contribution in [3.63, 3.8) is 0 Å². The van der Waals surface area contributed by atoms with E-state index in [4.69, 9.17) is 5.10 Å². The van der Waals surface area contributed by atoms with Gasteiger partial charge in [0.15, 0.2) is 11.9 Å². The van der Waals surface area contributed by atoms with Crippen molar-refractivity contribution in [1.82, 2.24) is 19.5 Å². The maximum absolute atomic E-state index is 10.9. The first kappa shape index (κ1) is 25.6. The number of carbonyl (C=O) groups excluding carboxylic acids is 1. The molecule has 10 heteroatoms. The van der Waals surface area contributed by atoms with Crippen LogP contribution in [0.2, 0.25) is 0 Å². The SMILES string of the molecule is Cc1cc(N(C)C)n2nc([C@@H]3CCCCN3C)cc2n1.Cc1ccc(NS(C)(=O)=O)c(C=O)c1. The molecule has 1 N–H and O–H groups in total. The zero-order valence-corrected chi connectivity index (χ0v) is 21.6. The lowest BCUT2D eigenvalue weighted by atomic mass is 10.0. The average molecular weight is 487 g/mol. The molecule has 1 aliphatic heterocycles. The van der Waals surface area contributed by atoms with E-state index in [0.29, 0.717) is 23.6 Å². The fraction of sp³-hybridized carbons (Fsp3) is 0.458. The third-order valence-corrected chi connectivity index (χ3v) is 6.35. The zero-order chi connectivity index (χ0) is 25.0. The van der Waals surface area contributed by atoms with Gasteiger partial charge in [0.1, 0.15) is 5.82 Å². The number of aromatic nitrogens is 3. The summed E-state index contributed by atoms with van der Waals surface area (Å²) in [6.07, 6.45) is 5.44. The monoisotopic (exact) mass is 486 g/mol. The Bertz CT molecular complexity index is 1270. The Morgan fingerprint density at radius 1 is 1.15 bits per heavy atom. The number of rotatable bonds is 5. The number of hydrogen-bond acceptors (Lipinski definition) is 7. The Hall–Kier alpha value is -2.98. The Labute approximate surface area is 201 Å². The Morgan fingerprint density at radius 2 is 1.88 bits per heavy atom. The fourth-order valence-electron chi connectivity index (χ4n) is 4.10. The molecule has 0 saturated carbocycles. The second-order valence-electron chi connectivity index (χ2n) is 9.06. The van der Waals surface area contributed by atoms with Crippen LogP contribution in [0.4, 0.5) is 11.5 Å². The molecule has 0 spiro atoms. The Kier molecular flexibility index (Phi) is 7.93. The molecule has 0 radical (unpaired) electrons. The van der Waals surface area contributed by atoms with Crippen LogP contribution in [0.1, 0.15) is 52.6 Å². The molecule has 34 heavy (non-hydrogen) atoms. The number of likely N-dealkylation sites (tertiary alicyclic amines) is 1. The van der Waals surface area contributed by atoms with Crippen LogP contribution in [0, 0.1) is 13.8 Å². The number of nitrogens with zero attached hydrogens (tertiary/aromatic N) is 5. The molecule has 0 unspecified atom stereocenters. The van der Waals surface area contributed by atoms with E-state index in [2.05, 4.69) is 38.7 Å². The number of carbonyl (C=O) groups is 1. The van der Waals surface area contributed by atoms with Gasteiger partial charge < -0.3 is 4.90 Å². The smallest absolute Gasteiger partial charge is 0.229 e. The number of piperidine rings is 1. The van der Waals surface area contributed by atoms with E-state index in [1.807, 2.05) is 32.5 Å². The van der Waals surface area contributed by atoms with Crippen molar-refractivity contribution in [2.45, 2.75) is 39.2 Å². The molecule has 1 aromatic carbocycles. The van der Waals surface area contributed by atoms with E-state index in [0.717, 1.165) is 41.2 Å². The van der Waals surface area contributed by atoms with Gasteiger partial charge in [0.05, 0.1) is 23.7 Å². The molecule has 0 aliphatic carbocycles. The summed E-state index contributed by atoms with van der Waals surface area (Å²) in [6, 6.07) is 9.59. The van der Waals surface area contributed by atoms with E-state index >= 15 is 0 Å². The van der Waals surface area contributed by atoms with Gasteiger partial charge in [0.2, 0.25) is 10.0 Å². The molecule has 1 fully saturated rings. The number of sulfonamides is 1. The van der Waals surface area contributed by atoms with Crippen LogP contribution in [0.5, 0.6) is 0 Å². The highest BCUT2D eigenvalue weighted by Gasteiger charge is 2.24. The van der Waals surface area contributed by atoms with E-state index in [9.17, 15) is 13.2 Å². The van der Waals surface area contributed by atoms with Crippen molar-refractivity contribution in [3.8, 4) is 0 Å². The lowest BCUT2D eigenvalue weighted by Crippen LogP contribution is -2.29. The quantitative estimate of drug-likeness (QED) is 0.552. The van der Waals surface area contributed by atoms with Gasteiger partial charge in [-0.05, 0) is 52.4 Å². The van der Waals surface area contributed by atoms with Crippen molar-refractivity contribution in [2.24, 2.45) is 0 Å². The molecular weight excluding hydrogens is 452 g/mol. The molecule has 1 atom stereocenters. The number of benzene rings is 1. The van der Waals surface area contributed by atoms with E-state index in [-0.39, 0.29) is 0 Å². The summed E-state index contributed by atoms with van der Waals surface area (Å²) in [5.41, 5.74) is 4.69. The van der Waals surface area contributed by atoms with Gasteiger partial charge in [0.25, 0.3) is 0 Å². The molecule has 3 aromatic rings. The summed E-state index contributed by atoms with van der Waals surface area (Å²) in [6.45, 7) is 5.02. The predicted molar refractivity (Wildman–Crippen MR) is 136 cm³/mol. The first-order chi connectivity index (χ1) is 16.0. The van der Waals surface area contributed by atoms with Gasteiger partial charge in [-0.3, -0.25) is 14.4 Å². The van der Waals surface area contributed by atoms with Crippen molar-refractivity contribution in [1.29, 1.82) is 0 Å². The molecule has 3 heterocycles. The second kappa shape index (κ2) is 10.5. The van der Waals surface area contributed by atoms with Crippen LogP contribution in [-0.2, 0) is 10.0 Å². The third-order valence-electron chi connectivity index (χ3n) is 5.75. The van der Waals surface area contributed by atoms with Crippen LogP contribution in [0.25, 0.3) is 5.65 Å². The number of anilines is 2. The highest BCUT2D eigenvalue weighted by Crippen LogP contribution is 2.30. The summed E-state index contributed by atoms with van der Waals surface area (Å²) in [4.78, 5) is 19.7. The molecule has 184 valence electrons. The molecule has 4 rings (SSSR count). The minimum atomic E-state index is -3.33. The van der Waals surface area contributed by atoms with Crippen LogP contribution in [0.15, 0.2) is 30.3 Å². The van der Waals surface area contributed by atoms with Gasteiger partial charge in [-0.25, -0.2) is 13.4 Å². The normalized spacial score (nSPS) is 16.6. The molecule has 1 saturated heterocycles. The summed E-state index contributed by atoms with van der Waals surface area (Å²) in [7, 11) is 2.95. The molecule has 9 nitrogen and oxygen atoms in total. The van der Waals surface area contributed by atoms with Crippen molar-refractivity contribution < 1.29 is 13.2 Å². The summed E-state index contributed by atoms with van der Waals surface area (Å²) < 4.78 is 26.1. The molecule has 0 bridgehead atoms. The first-order valence-electron chi connectivity index (χ1n) is 11.3. The summed E-state index contributed by atoms with van der Waals surface area (Å²) in [5, 5.41) is 4.82. The van der Waals surface area contributed by atoms with Gasteiger partial charge in [-0.2, -0.15) is 9.61 Å². The average Bonchev–Trinajstić information content (AvgIpc) is 3.17. The van der Waals surface area contributed by atoms with Gasteiger partial charge in [-0.1, -0.05) is 18.1 Å². The van der Waals surface area contributed by atoms with E-state index in [1.165, 1.54) is 19.3 Å². The van der Waals surface area contributed by atoms with Crippen LogP contribution >= 0.6 is 0 Å². The largest absolute Gasteiger partial charge is 0.363 e. The van der Waals surface area contributed by atoms with Crippen LogP contribution < -0.4 is 9.62 Å². The maximum atomic E-state index is 10.9. The van der Waals surface area contributed by atoms with Gasteiger partial charge in [-0.15, -0.1) is 0 Å². The number of aryl methyl sites for hydroxylation is 2. The topological polar surface area (TPSA) is 99.9 Å². The first-order valence-corrected chi connectivity index (χ1v) is 13.2. The van der Waals surface area contributed by atoms with Crippen molar-refractivity contribution >= 4 is 33.5 Å². The number of nitrogens with one attached hydrogen (secondary N) is 1. The fourth-order valence-corrected chi connectivity index (χ4v) is 4.69. The lowest BCUT2D eigenvalue weighted by molar-refractivity contribution is 0.112. The van der Waals surface area contributed by atoms with Crippen molar-refractivity contribution in [3.05, 3.63) is 52.8 Å². The highest BCUT2D eigenvalue weighted by atomic mass is 32.2. The maximum Gasteiger partial charge on any atom is 0.229 e. The minimum absolute atomic E-state index is 0.313. The lowest BCUT2D eigenvalue weighted by Gasteiger charge is -2.30. The number of fused-ring (bicyclic) bond motifs is 1. The third kappa shape index (κ3) is 6.32. The molecular formula is C24H34N6O3S. The van der Waals surface area contributed by atoms with Gasteiger partial charge in [0, 0.05) is 37.5 Å². The Morgan fingerprint density at radius 3 is 2.50 bits per heavy atom. The standard InChI is InChI=1S/C15H23N5.C9H11NO3S/c1-11-9-15(18(2)3)20-14(16-11)10-12(17-20)13-7-5-6-8-19(13)4;1-7-3-4-9(8(5-7)6-11)10-14(2,12)13/h9-10,13H,5-8H2,1-4H3;3-6,10H,1-2H3/t13-;/m0./s1. The molecule has 0 amide bonds. The molecule has 2 aromatic heterocycles. The summed E-state index contributed by atoms with van der Waals surface area (Å²) >= 11 is 0. The number of aldehydes is 1. The highest BCUT2D eigenvalue weighted by molar-refractivity contribution is 7.92. The minimum Gasteiger partial charge on any atom is -0.363 e. The van der Waals surface area contributed by atoms with Crippen LogP contribution in [0.3, 0.4) is 0 Å². The van der Waals surface area contributed by atoms with Gasteiger partial charge >= 0.3 is 0 Å². The second-order valence-corrected chi connectivity index (χ2v) is 10.8. The van der Waals surface area contributed by atoms with E-state index in [1.54, 1.807) is 18.2 Å². The Balaban J connectivity index is 0.000000204. The predicted octanol–water partition coefficient (Wildman–Crippen LogP) is 3.44. The van der Waals surface area contributed by atoms with Crippen molar-refractivity contribution in [2.75, 3.05) is 43.6 Å². The summed E-state index contributed by atoms with van der Waals surface area (Å²) in [5.74, 6) is 1.08. The zero-order valence-electron chi connectivity index (χ0n) is 20.7.